The van der Waals surface area contributed by atoms with Crippen LogP contribution in [0.5, 0.6) is 0 Å². The van der Waals surface area contributed by atoms with Gasteiger partial charge in [0.15, 0.2) is 5.96 Å². The Kier molecular flexibility index (Phi) is 8.88. The van der Waals surface area contributed by atoms with Crippen LogP contribution in [0.2, 0.25) is 0 Å². The summed E-state index contributed by atoms with van der Waals surface area (Å²) in [6.45, 7) is 5.11. The molecule has 1 unspecified atom stereocenters. The van der Waals surface area contributed by atoms with Crippen LogP contribution in [0.3, 0.4) is 0 Å². The Morgan fingerprint density at radius 2 is 2.10 bits per heavy atom. The number of likely N-dealkylation sites (tertiary alicyclic amines) is 1. The van der Waals surface area contributed by atoms with E-state index in [1.54, 1.807) is 0 Å². The number of nitrogens with one attached hydrogen (secondary N) is 2. The molecule has 1 atom stereocenters. The molecule has 1 aliphatic rings. The first kappa shape index (κ1) is 23.9. The topological polar surface area (TPSA) is 82.8 Å². The number of amides is 1. The summed E-state index contributed by atoms with van der Waals surface area (Å²) in [6, 6.07) is 2.60. The van der Waals surface area contributed by atoms with Gasteiger partial charge in [0.05, 0.1) is 18.0 Å². The monoisotopic (exact) mass is 431 g/mol. The van der Waals surface area contributed by atoms with Crippen LogP contribution in [0.25, 0.3) is 0 Å². The lowest BCUT2D eigenvalue weighted by Crippen LogP contribution is -2.43. The van der Waals surface area contributed by atoms with E-state index < -0.39 is 17.6 Å². The highest BCUT2D eigenvalue weighted by atomic mass is 19.4. The summed E-state index contributed by atoms with van der Waals surface area (Å²) in [5.74, 6) is -0.914. The van der Waals surface area contributed by atoms with E-state index in [0.29, 0.717) is 31.7 Å². The number of primary amides is 1. The van der Waals surface area contributed by atoms with Crippen molar-refractivity contribution < 1.29 is 22.4 Å². The molecule has 0 bridgehead atoms. The average molecular weight is 431 g/mol. The molecular formula is C20H29F4N5O. The molecule has 168 valence electrons. The molecule has 2 rings (SSSR count). The molecule has 1 aromatic rings. The van der Waals surface area contributed by atoms with Crippen LogP contribution in [0.15, 0.2) is 23.2 Å². The SMILES string of the molecule is CCNC(=NCc1ccc(F)cc1C(F)(F)F)NCCCN1CCCC(C(N)=O)C1. The molecule has 0 aromatic heterocycles. The third-order valence-electron chi connectivity index (χ3n) is 4.98. The molecule has 0 saturated carbocycles. The van der Waals surface area contributed by atoms with Crippen molar-refractivity contribution in [2.24, 2.45) is 16.6 Å². The van der Waals surface area contributed by atoms with E-state index >= 15 is 0 Å². The summed E-state index contributed by atoms with van der Waals surface area (Å²) >= 11 is 0. The van der Waals surface area contributed by atoms with Gasteiger partial charge in [-0.3, -0.25) is 4.79 Å². The van der Waals surface area contributed by atoms with Crippen LogP contribution in [-0.4, -0.2) is 49.5 Å². The van der Waals surface area contributed by atoms with Crippen molar-refractivity contribution in [3.63, 3.8) is 0 Å². The van der Waals surface area contributed by atoms with Gasteiger partial charge in [-0.05, 0) is 57.0 Å². The predicted molar refractivity (Wildman–Crippen MR) is 107 cm³/mol. The second kappa shape index (κ2) is 11.1. The zero-order valence-electron chi connectivity index (χ0n) is 17.1. The number of hydrogen-bond acceptors (Lipinski definition) is 3. The van der Waals surface area contributed by atoms with E-state index in [0.717, 1.165) is 44.5 Å². The van der Waals surface area contributed by atoms with Gasteiger partial charge in [-0.15, -0.1) is 0 Å². The molecule has 1 amide bonds. The van der Waals surface area contributed by atoms with Crippen molar-refractivity contribution in [1.82, 2.24) is 15.5 Å². The minimum Gasteiger partial charge on any atom is -0.369 e. The fourth-order valence-electron chi connectivity index (χ4n) is 3.46. The second-order valence-electron chi connectivity index (χ2n) is 7.32. The van der Waals surface area contributed by atoms with Crippen LogP contribution < -0.4 is 16.4 Å². The number of benzene rings is 1. The molecule has 6 nitrogen and oxygen atoms in total. The minimum absolute atomic E-state index is 0.0908. The van der Waals surface area contributed by atoms with E-state index in [-0.39, 0.29) is 23.9 Å². The summed E-state index contributed by atoms with van der Waals surface area (Å²) < 4.78 is 52.6. The zero-order valence-corrected chi connectivity index (χ0v) is 17.1. The van der Waals surface area contributed by atoms with E-state index in [9.17, 15) is 22.4 Å². The number of nitrogens with two attached hydrogens (primary N) is 1. The number of guanidine groups is 1. The van der Waals surface area contributed by atoms with Gasteiger partial charge in [0.25, 0.3) is 0 Å². The first-order valence-corrected chi connectivity index (χ1v) is 10.1. The second-order valence-corrected chi connectivity index (χ2v) is 7.32. The van der Waals surface area contributed by atoms with Crippen LogP contribution in [0.4, 0.5) is 17.6 Å². The van der Waals surface area contributed by atoms with Gasteiger partial charge in [0.1, 0.15) is 5.82 Å². The van der Waals surface area contributed by atoms with Crippen LogP contribution in [0, 0.1) is 11.7 Å². The van der Waals surface area contributed by atoms with Gasteiger partial charge in [-0.1, -0.05) is 6.07 Å². The highest BCUT2D eigenvalue weighted by Gasteiger charge is 2.33. The molecule has 1 saturated heterocycles. The van der Waals surface area contributed by atoms with E-state index in [1.807, 2.05) is 6.92 Å². The van der Waals surface area contributed by atoms with Gasteiger partial charge >= 0.3 is 6.18 Å². The van der Waals surface area contributed by atoms with Gasteiger partial charge in [-0.2, -0.15) is 13.2 Å². The Balaban J connectivity index is 1.89. The number of hydrogen-bond donors (Lipinski definition) is 3. The van der Waals surface area contributed by atoms with Crippen LogP contribution in [0.1, 0.15) is 37.3 Å². The molecule has 1 aromatic carbocycles. The molecule has 1 fully saturated rings. The minimum atomic E-state index is -4.64. The number of piperidine rings is 1. The van der Waals surface area contributed by atoms with Crippen molar-refractivity contribution >= 4 is 11.9 Å². The van der Waals surface area contributed by atoms with Gasteiger partial charge < -0.3 is 21.3 Å². The summed E-state index contributed by atoms with van der Waals surface area (Å²) in [4.78, 5) is 17.8. The maximum atomic E-state index is 13.2. The summed E-state index contributed by atoms with van der Waals surface area (Å²) in [7, 11) is 0. The quantitative estimate of drug-likeness (QED) is 0.256. The standard InChI is InChI=1S/C20H29F4N5O/c1-2-26-19(27-8-4-10-29-9-3-5-15(13-29)18(25)30)28-12-14-6-7-16(21)11-17(14)20(22,23)24/h6-7,11,15H,2-5,8-10,12-13H2,1H3,(H2,25,30)(H2,26,27,28). The number of nitrogens with zero attached hydrogens (tertiary/aromatic N) is 2. The molecule has 10 heteroatoms. The molecular weight excluding hydrogens is 402 g/mol. The fraction of sp³-hybridized carbons (Fsp3) is 0.600. The average Bonchev–Trinajstić information content (AvgIpc) is 2.69. The van der Waals surface area contributed by atoms with Crippen molar-refractivity contribution in [3.8, 4) is 0 Å². The number of carbonyl (C=O) groups excluding carboxylic acids is 1. The third kappa shape index (κ3) is 7.47. The number of carbonyl (C=O) groups is 1. The molecule has 30 heavy (non-hydrogen) atoms. The molecule has 0 radical (unpaired) electrons. The Morgan fingerprint density at radius 1 is 1.33 bits per heavy atom. The smallest absolute Gasteiger partial charge is 0.369 e. The van der Waals surface area contributed by atoms with Crippen molar-refractivity contribution in [2.75, 3.05) is 32.7 Å². The third-order valence-corrected chi connectivity index (χ3v) is 4.98. The molecule has 0 spiro atoms. The van der Waals surface area contributed by atoms with E-state index in [4.69, 9.17) is 5.73 Å². The number of halogens is 4. The van der Waals surface area contributed by atoms with E-state index in [2.05, 4.69) is 20.5 Å². The number of alkyl halides is 3. The molecule has 0 aliphatic carbocycles. The Morgan fingerprint density at radius 3 is 2.77 bits per heavy atom. The maximum Gasteiger partial charge on any atom is 0.416 e. The summed E-state index contributed by atoms with van der Waals surface area (Å²) in [5.41, 5.74) is 4.28. The number of aliphatic imine (C=N–C) groups is 1. The van der Waals surface area contributed by atoms with Crippen molar-refractivity contribution in [2.45, 2.75) is 38.9 Å². The normalized spacial score (nSPS) is 18.3. The largest absolute Gasteiger partial charge is 0.416 e. The highest BCUT2D eigenvalue weighted by Crippen LogP contribution is 2.32. The molecule has 1 aliphatic heterocycles. The van der Waals surface area contributed by atoms with Crippen LogP contribution >= 0.6 is 0 Å². The Labute approximate surface area is 173 Å². The first-order valence-electron chi connectivity index (χ1n) is 10.1. The lowest BCUT2D eigenvalue weighted by molar-refractivity contribution is -0.138. The zero-order chi connectivity index (χ0) is 22.1. The van der Waals surface area contributed by atoms with Crippen molar-refractivity contribution in [1.29, 1.82) is 0 Å². The maximum absolute atomic E-state index is 13.2. The number of rotatable bonds is 8. The van der Waals surface area contributed by atoms with Gasteiger partial charge in [-0.25, -0.2) is 9.38 Å². The summed E-state index contributed by atoms with van der Waals surface area (Å²) in [6.07, 6.45) is -2.11. The lowest BCUT2D eigenvalue weighted by atomic mass is 9.97. The summed E-state index contributed by atoms with van der Waals surface area (Å²) in [5, 5.41) is 6.09. The fourth-order valence-corrected chi connectivity index (χ4v) is 3.46. The van der Waals surface area contributed by atoms with E-state index in [1.165, 1.54) is 0 Å². The Hall–Kier alpha value is -2.36. The first-order chi connectivity index (χ1) is 14.2. The van der Waals surface area contributed by atoms with Gasteiger partial charge in [0, 0.05) is 19.6 Å². The predicted octanol–water partition coefficient (Wildman–Crippen LogP) is 2.49. The molecule has 1 heterocycles. The molecule has 4 N–H and O–H groups in total. The Bertz CT molecular complexity index is 738. The van der Waals surface area contributed by atoms with Crippen molar-refractivity contribution in [3.05, 3.63) is 35.1 Å². The highest BCUT2D eigenvalue weighted by molar-refractivity contribution is 5.79. The van der Waals surface area contributed by atoms with Gasteiger partial charge in [0.2, 0.25) is 5.91 Å². The lowest BCUT2D eigenvalue weighted by Gasteiger charge is -2.31. The van der Waals surface area contributed by atoms with Crippen LogP contribution in [-0.2, 0) is 17.5 Å².